The van der Waals surface area contributed by atoms with Gasteiger partial charge < -0.3 is 23.9 Å². The number of aliphatic hydroxyl groups excluding tert-OH is 1. The van der Waals surface area contributed by atoms with Crippen LogP contribution >= 0.6 is 0 Å². The van der Waals surface area contributed by atoms with Gasteiger partial charge in [0.2, 0.25) is 5.82 Å². The van der Waals surface area contributed by atoms with Crippen LogP contribution in [0.1, 0.15) is 18.3 Å². The van der Waals surface area contributed by atoms with E-state index in [1.807, 2.05) is 37.1 Å². The fourth-order valence-corrected chi connectivity index (χ4v) is 4.63. The fraction of sp³-hybridized carbons (Fsp3) is 0.519. The van der Waals surface area contributed by atoms with Crippen molar-refractivity contribution in [3.63, 3.8) is 0 Å². The van der Waals surface area contributed by atoms with Crippen LogP contribution in [0.4, 0.5) is 13.2 Å². The highest BCUT2D eigenvalue weighted by Gasteiger charge is 2.38. The Kier molecular flexibility index (Phi) is 9.48. The molecular formula is C27H35F3N4O4. The summed E-state index contributed by atoms with van der Waals surface area (Å²) >= 11 is 0. The van der Waals surface area contributed by atoms with Gasteiger partial charge in [0, 0.05) is 32.7 Å². The number of aromatic nitrogens is 2. The van der Waals surface area contributed by atoms with Crippen molar-refractivity contribution in [3.05, 3.63) is 53.9 Å². The van der Waals surface area contributed by atoms with Crippen molar-refractivity contribution in [3.8, 4) is 11.5 Å². The van der Waals surface area contributed by atoms with Crippen molar-refractivity contribution in [2.75, 3.05) is 59.7 Å². The van der Waals surface area contributed by atoms with Gasteiger partial charge in [-0.1, -0.05) is 18.2 Å². The summed E-state index contributed by atoms with van der Waals surface area (Å²) in [5.41, 5.74) is 1.52. The zero-order valence-electron chi connectivity index (χ0n) is 21.8. The second-order valence-electron chi connectivity index (χ2n) is 9.40. The van der Waals surface area contributed by atoms with E-state index < -0.39 is 18.1 Å². The van der Waals surface area contributed by atoms with Gasteiger partial charge in [-0.2, -0.15) is 13.2 Å². The van der Waals surface area contributed by atoms with Gasteiger partial charge in [0.15, 0.2) is 11.5 Å². The number of nitrogens with zero attached hydrogens (tertiary/aromatic N) is 4. The van der Waals surface area contributed by atoms with Crippen LogP contribution in [0.15, 0.2) is 42.5 Å². The highest BCUT2D eigenvalue weighted by Crippen LogP contribution is 2.32. The molecule has 0 unspecified atom stereocenters. The van der Waals surface area contributed by atoms with Gasteiger partial charge in [-0.3, -0.25) is 9.80 Å². The topological polar surface area (TPSA) is 72.2 Å². The zero-order chi connectivity index (χ0) is 27.1. The van der Waals surface area contributed by atoms with E-state index in [4.69, 9.17) is 14.2 Å². The van der Waals surface area contributed by atoms with Crippen molar-refractivity contribution >= 4 is 11.0 Å². The van der Waals surface area contributed by atoms with Gasteiger partial charge in [0.1, 0.15) is 6.61 Å². The summed E-state index contributed by atoms with van der Waals surface area (Å²) in [4.78, 5) is 7.90. The number of hydrogen-bond acceptors (Lipinski definition) is 7. The summed E-state index contributed by atoms with van der Waals surface area (Å²) in [6.07, 6.45) is -5.65. The fourth-order valence-electron chi connectivity index (χ4n) is 4.63. The number of likely N-dealkylation sites (N-methyl/N-ethyl adjacent to an activating group) is 1. The zero-order valence-corrected chi connectivity index (χ0v) is 21.8. The van der Waals surface area contributed by atoms with E-state index in [0.29, 0.717) is 36.8 Å². The van der Waals surface area contributed by atoms with Gasteiger partial charge in [0.05, 0.1) is 43.5 Å². The first-order chi connectivity index (χ1) is 18.2. The number of alkyl halides is 3. The van der Waals surface area contributed by atoms with Crippen LogP contribution in [0, 0.1) is 0 Å². The van der Waals surface area contributed by atoms with Crippen molar-refractivity contribution in [1.82, 2.24) is 19.4 Å². The molecule has 208 valence electrons. The standard InChI is InChI=1S/C27H35F3N4O4/c1-3-37-25-16-20(8-9-24(25)38-15-12-33-10-13-36-14-11-33)17-32(2)18-21(35)19-34-23-7-5-4-6-22(23)31-26(34)27(28,29)30/h4-9,16,21,35H,3,10-15,17-19H2,1-2H3/t21-/m0/s1. The second kappa shape index (κ2) is 12.8. The molecule has 2 aromatic carbocycles. The van der Waals surface area contributed by atoms with E-state index in [1.165, 1.54) is 6.07 Å². The molecule has 1 saturated heterocycles. The molecule has 38 heavy (non-hydrogen) atoms. The van der Waals surface area contributed by atoms with Gasteiger partial charge in [0.25, 0.3) is 0 Å². The summed E-state index contributed by atoms with van der Waals surface area (Å²) in [6, 6.07) is 12.1. The molecule has 0 radical (unpaired) electrons. The molecule has 1 atom stereocenters. The minimum absolute atomic E-state index is 0.172. The van der Waals surface area contributed by atoms with Crippen molar-refractivity contribution in [1.29, 1.82) is 0 Å². The Bertz CT molecular complexity index is 1180. The minimum atomic E-state index is -4.62. The molecule has 0 aliphatic carbocycles. The lowest BCUT2D eigenvalue weighted by molar-refractivity contribution is -0.147. The number of imidazole rings is 1. The SMILES string of the molecule is CCOc1cc(CN(C)C[C@H](O)Cn2c(C(F)(F)F)nc3ccccc32)ccc1OCCN1CCOCC1. The molecule has 2 heterocycles. The second-order valence-corrected chi connectivity index (χ2v) is 9.40. The number of ether oxygens (including phenoxy) is 3. The van der Waals surface area contributed by atoms with E-state index >= 15 is 0 Å². The lowest BCUT2D eigenvalue weighted by Crippen LogP contribution is -2.38. The molecule has 4 rings (SSSR count). The molecule has 0 bridgehead atoms. The minimum Gasteiger partial charge on any atom is -0.490 e. The average Bonchev–Trinajstić information content (AvgIpc) is 3.25. The Morgan fingerprint density at radius 3 is 2.61 bits per heavy atom. The number of halogens is 3. The third kappa shape index (κ3) is 7.37. The number of aliphatic hydroxyl groups is 1. The monoisotopic (exact) mass is 536 g/mol. The summed E-state index contributed by atoms with van der Waals surface area (Å²) in [7, 11) is 1.81. The molecule has 0 saturated carbocycles. The summed E-state index contributed by atoms with van der Waals surface area (Å²) < 4.78 is 59.0. The number of hydrogen-bond donors (Lipinski definition) is 1. The maximum atomic E-state index is 13.6. The van der Waals surface area contributed by atoms with E-state index in [9.17, 15) is 18.3 Å². The molecular weight excluding hydrogens is 501 g/mol. The van der Waals surface area contributed by atoms with Crippen LogP contribution in [0.5, 0.6) is 11.5 Å². The molecule has 1 aliphatic rings. The summed E-state index contributed by atoms with van der Waals surface area (Å²) in [6.45, 7) is 7.43. The van der Waals surface area contributed by atoms with Gasteiger partial charge in [-0.25, -0.2) is 4.98 Å². The van der Waals surface area contributed by atoms with Crippen LogP contribution in [0.2, 0.25) is 0 Å². The molecule has 1 N–H and O–H groups in total. The van der Waals surface area contributed by atoms with Crippen molar-refractivity contribution < 1.29 is 32.5 Å². The van der Waals surface area contributed by atoms with E-state index in [0.717, 1.165) is 43.0 Å². The summed E-state index contributed by atoms with van der Waals surface area (Å²) in [5, 5.41) is 10.7. The lowest BCUT2D eigenvalue weighted by atomic mass is 10.2. The first kappa shape index (κ1) is 28.2. The molecule has 1 fully saturated rings. The maximum Gasteiger partial charge on any atom is 0.449 e. The Morgan fingerprint density at radius 2 is 1.87 bits per heavy atom. The Labute approximate surface area is 220 Å². The molecule has 0 amide bonds. The van der Waals surface area contributed by atoms with Gasteiger partial charge in [-0.15, -0.1) is 0 Å². The summed E-state index contributed by atoms with van der Waals surface area (Å²) in [5.74, 6) is 0.296. The third-order valence-corrected chi connectivity index (χ3v) is 6.35. The number of morpholine rings is 1. The largest absolute Gasteiger partial charge is 0.490 e. The molecule has 1 aromatic heterocycles. The number of benzene rings is 2. The number of para-hydroxylation sites is 2. The Morgan fingerprint density at radius 1 is 1.11 bits per heavy atom. The highest BCUT2D eigenvalue weighted by atomic mass is 19.4. The van der Waals surface area contributed by atoms with Crippen molar-refractivity contribution in [2.45, 2.75) is 32.3 Å². The van der Waals surface area contributed by atoms with E-state index in [-0.39, 0.29) is 18.6 Å². The van der Waals surface area contributed by atoms with Crippen LogP contribution in [-0.4, -0.2) is 90.2 Å². The Balaban J connectivity index is 1.36. The lowest BCUT2D eigenvalue weighted by Gasteiger charge is -2.26. The number of rotatable bonds is 12. The predicted molar refractivity (Wildman–Crippen MR) is 137 cm³/mol. The maximum absolute atomic E-state index is 13.6. The van der Waals surface area contributed by atoms with Gasteiger partial charge >= 0.3 is 6.18 Å². The predicted octanol–water partition coefficient (Wildman–Crippen LogP) is 3.66. The first-order valence-corrected chi connectivity index (χ1v) is 12.8. The van der Waals surface area contributed by atoms with Crippen LogP contribution in [0.3, 0.4) is 0 Å². The van der Waals surface area contributed by atoms with E-state index in [1.54, 1.807) is 18.2 Å². The van der Waals surface area contributed by atoms with Crippen LogP contribution in [0.25, 0.3) is 11.0 Å². The first-order valence-electron chi connectivity index (χ1n) is 12.8. The molecule has 0 spiro atoms. The van der Waals surface area contributed by atoms with Crippen LogP contribution < -0.4 is 9.47 Å². The normalized spacial score (nSPS) is 15.8. The van der Waals surface area contributed by atoms with Gasteiger partial charge in [-0.05, 0) is 43.8 Å². The van der Waals surface area contributed by atoms with Crippen molar-refractivity contribution in [2.24, 2.45) is 0 Å². The Hall–Kier alpha value is -2.86. The molecule has 8 nitrogen and oxygen atoms in total. The molecule has 1 aliphatic heterocycles. The number of fused-ring (bicyclic) bond motifs is 1. The van der Waals surface area contributed by atoms with Crippen LogP contribution in [-0.2, 0) is 24.0 Å². The third-order valence-electron chi connectivity index (χ3n) is 6.35. The highest BCUT2D eigenvalue weighted by molar-refractivity contribution is 5.76. The smallest absolute Gasteiger partial charge is 0.449 e. The molecule has 11 heteroatoms. The molecule has 3 aromatic rings. The van der Waals surface area contributed by atoms with E-state index in [2.05, 4.69) is 9.88 Å². The average molecular weight is 537 g/mol. The quantitative estimate of drug-likeness (QED) is 0.379.